The van der Waals surface area contributed by atoms with Gasteiger partial charge in [-0.2, -0.15) is 0 Å². The summed E-state index contributed by atoms with van der Waals surface area (Å²) in [6.07, 6.45) is 5.08. The number of pyridine rings is 1. The van der Waals surface area contributed by atoms with Crippen molar-refractivity contribution in [2.45, 2.75) is 39.3 Å². The molecule has 1 aromatic heterocycles. The van der Waals surface area contributed by atoms with E-state index in [4.69, 9.17) is 0 Å². The van der Waals surface area contributed by atoms with Gasteiger partial charge in [0.2, 0.25) is 0 Å². The van der Waals surface area contributed by atoms with Crippen LogP contribution in [0.15, 0.2) is 18.5 Å². The molecule has 2 rings (SSSR count). The second-order valence-corrected chi connectivity index (χ2v) is 6.34. The third-order valence-electron chi connectivity index (χ3n) is 4.29. The number of likely N-dealkylation sites (N-methyl/N-ethyl adjacent to an activating group) is 1. The molecule has 1 aliphatic heterocycles. The van der Waals surface area contributed by atoms with Gasteiger partial charge in [-0.25, -0.2) is 0 Å². The Morgan fingerprint density at radius 2 is 2.15 bits per heavy atom. The van der Waals surface area contributed by atoms with E-state index in [0.29, 0.717) is 0 Å². The van der Waals surface area contributed by atoms with Crippen molar-refractivity contribution in [3.8, 4) is 0 Å². The van der Waals surface area contributed by atoms with E-state index in [9.17, 15) is 0 Å². The fourth-order valence-electron chi connectivity index (χ4n) is 2.69. The van der Waals surface area contributed by atoms with Crippen molar-refractivity contribution in [2.24, 2.45) is 0 Å². The topological polar surface area (TPSA) is 31.4 Å². The minimum atomic E-state index is 0.211. The summed E-state index contributed by atoms with van der Waals surface area (Å²) in [4.78, 5) is 9.25. The lowest BCUT2D eigenvalue weighted by Crippen LogP contribution is -2.57. The average molecular weight is 276 g/mol. The number of aromatic nitrogens is 1. The van der Waals surface area contributed by atoms with E-state index in [1.807, 2.05) is 12.4 Å². The van der Waals surface area contributed by atoms with E-state index in [1.165, 1.54) is 17.7 Å². The summed E-state index contributed by atoms with van der Waals surface area (Å²) >= 11 is 0. The molecule has 1 saturated heterocycles. The van der Waals surface area contributed by atoms with E-state index in [0.717, 1.165) is 32.7 Å². The first-order valence-electron chi connectivity index (χ1n) is 7.64. The molecule has 0 amide bonds. The summed E-state index contributed by atoms with van der Waals surface area (Å²) in [5.41, 5.74) is 2.86. The maximum atomic E-state index is 4.33. The van der Waals surface area contributed by atoms with Crippen molar-refractivity contribution >= 4 is 5.69 Å². The van der Waals surface area contributed by atoms with Gasteiger partial charge in [0.05, 0.1) is 11.9 Å². The van der Waals surface area contributed by atoms with Crippen LogP contribution in [0, 0.1) is 0 Å². The molecule has 20 heavy (non-hydrogen) atoms. The summed E-state index contributed by atoms with van der Waals surface area (Å²) < 4.78 is 0. The average Bonchev–Trinajstić information content (AvgIpc) is 2.43. The maximum absolute atomic E-state index is 4.33. The van der Waals surface area contributed by atoms with Crippen molar-refractivity contribution in [1.82, 2.24) is 15.2 Å². The van der Waals surface area contributed by atoms with E-state index >= 15 is 0 Å². The molecular formula is C16H28N4. The summed E-state index contributed by atoms with van der Waals surface area (Å²) in [6.45, 7) is 12.0. The number of piperazine rings is 1. The van der Waals surface area contributed by atoms with Crippen molar-refractivity contribution in [3.63, 3.8) is 0 Å². The highest BCUT2D eigenvalue weighted by atomic mass is 15.3. The zero-order valence-corrected chi connectivity index (χ0v) is 13.3. The standard InChI is InChI=1S/C16H28N4/c1-5-7-17-11-14-6-8-18-12-15(14)20-10-9-19(4)16(2,3)13-20/h6,8,12,17H,5,7,9-11,13H2,1-4H3. The van der Waals surface area contributed by atoms with Crippen LogP contribution < -0.4 is 10.2 Å². The predicted molar refractivity (Wildman–Crippen MR) is 85.2 cm³/mol. The van der Waals surface area contributed by atoms with Gasteiger partial charge in [0.15, 0.2) is 0 Å². The van der Waals surface area contributed by atoms with Crippen LogP contribution in [0.1, 0.15) is 32.8 Å². The third kappa shape index (κ3) is 3.49. The van der Waals surface area contributed by atoms with Crippen molar-refractivity contribution in [3.05, 3.63) is 24.0 Å². The minimum absolute atomic E-state index is 0.211. The van der Waals surface area contributed by atoms with E-state index in [1.54, 1.807) is 0 Å². The van der Waals surface area contributed by atoms with Crippen molar-refractivity contribution in [2.75, 3.05) is 38.1 Å². The van der Waals surface area contributed by atoms with Gasteiger partial charge in [0.25, 0.3) is 0 Å². The van der Waals surface area contributed by atoms with Crippen LogP contribution >= 0.6 is 0 Å². The lowest BCUT2D eigenvalue weighted by Gasteiger charge is -2.46. The van der Waals surface area contributed by atoms with Crippen LogP contribution in [0.3, 0.4) is 0 Å². The van der Waals surface area contributed by atoms with E-state index < -0.39 is 0 Å². The first-order valence-corrected chi connectivity index (χ1v) is 7.64. The maximum Gasteiger partial charge on any atom is 0.0599 e. The van der Waals surface area contributed by atoms with Gasteiger partial charge in [-0.05, 0) is 45.5 Å². The molecule has 0 saturated carbocycles. The summed E-state index contributed by atoms with van der Waals surface area (Å²) in [5.74, 6) is 0. The summed E-state index contributed by atoms with van der Waals surface area (Å²) in [7, 11) is 2.21. The molecule has 2 heterocycles. The molecule has 4 heteroatoms. The number of anilines is 1. The molecule has 4 nitrogen and oxygen atoms in total. The first-order chi connectivity index (χ1) is 9.54. The number of hydrogen-bond acceptors (Lipinski definition) is 4. The Hall–Kier alpha value is -1.13. The van der Waals surface area contributed by atoms with Crippen LogP contribution in [-0.4, -0.2) is 48.6 Å². The Bertz CT molecular complexity index is 430. The van der Waals surface area contributed by atoms with Gasteiger partial charge in [-0.1, -0.05) is 6.92 Å². The zero-order chi connectivity index (χ0) is 14.6. The Labute approximate surface area is 123 Å². The number of nitrogens with one attached hydrogen (secondary N) is 1. The monoisotopic (exact) mass is 276 g/mol. The Morgan fingerprint density at radius 1 is 1.35 bits per heavy atom. The smallest absolute Gasteiger partial charge is 0.0599 e. The molecular weight excluding hydrogens is 248 g/mol. The van der Waals surface area contributed by atoms with Crippen LogP contribution in [0.2, 0.25) is 0 Å². The largest absolute Gasteiger partial charge is 0.367 e. The molecule has 0 spiro atoms. The minimum Gasteiger partial charge on any atom is -0.367 e. The SMILES string of the molecule is CCCNCc1ccncc1N1CCN(C)C(C)(C)C1. The number of rotatable bonds is 5. The quantitative estimate of drug-likeness (QED) is 0.835. The molecule has 0 unspecified atom stereocenters. The summed E-state index contributed by atoms with van der Waals surface area (Å²) in [6, 6.07) is 2.14. The molecule has 1 aromatic rings. The van der Waals surface area contributed by atoms with Gasteiger partial charge >= 0.3 is 0 Å². The third-order valence-corrected chi connectivity index (χ3v) is 4.29. The van der Waals surface area contributed by atoms with Crippen LogP contribution in [0.4, 0.5) is 5.69 Å². The normalized spacial score (nSPS) is 19.3. The van der Waals surface area contributed by atoms with Crippen LogP contribution in [0.25, 0.3) is 0 Å². The molecule has 0 radical (unpaired) electrons. The molecule has 0 bridgehead atoms. The second kappa shape index (κ2) is 6.55. The molecule has 1 N–H and O–H groups in total. The highest BCUT2D eigenvalue weighted by Crippen LogP contribution is 2.26. The fourth-order valence-corrected chi connectivity index (χ4v) is 2.69. The molecule has 1 aliphatic rings. The van der Waals surface area contributed by atoms with Crippen LogP contribution in [-0.2, 0) is 6.54 Å². The van der Waals surface area contributed by atoms with Gasteiger partial charge in [0.1, 0.15) is 0 Å². The Morgan fingerprint density at radius 3 is 2.85 bits per heavy atom. The fraction of sp³-hybridized carbons (Fsp3) is 0.688. The highest BCUT2D eigenvalue weighted by molar-refractivity contribution is 5.52. The van der Waals surface area contributed by atoms with Gasteiger partial charge in [-0.15, -0.1) is 0 Å². The van der Waals surface area contributed by atoms with Gasteiger partial charge in [0, 0.05) is 37.9 Å². The van der Waals surface area contributed by atoms with E-state index in [-0.39, 0.29) is 5.54 Å². The molecule has 1 fully saturated rings. The zero-order valence-electron chi connectivity index (χ0n) is 13.3. The molecule has 112 valence electrons. The predicted octanol–water partition coefficient (Wildman–Crippen LogP) is 2.11. The summed E-state index contributed by atoms with van der Waals surface area (Å²) in [5, 5.41) is 3.50. The Kier molecular flexibility index (Phi) is 5.00. The molecule has 0 aliphatic carbocycles. The first kappa shape index (κ1) is 15.3. The molecule has 0 atom stereocenters. The van der Waals surface area contributed by atoms with Crippen molar-refractivity contribution < 1.29 is 0 Å². The van der Waals surface area contributed by atoms with Gasteiger partial charge in [-0.3, -0.25) is 9.88 Å². The van der Waals surface area contributed by atoms with Crippen molar-refractivity contribution in [1.29, 1.82) is 0 Å². The number of hydrogen-bond donors (Lipinski definition) is 1. The number of nitrogens with zero attached hydrogens (tertiary/aromatic N) is 3. The molecule has 0 aromatic carbocycles. The highest BCUT2D eigenvalue weighted by Gasteiger charge is 2.31. The lowest BCUT2D eigenvalue weighted by molar-refractivity contribution is 0.138. The van der Waals surface area contributed by atoms with Gasteiger partial charge < -0.3 is 10.2 Å². The lowest BCUT2D eigenvalue weighted by atomic mass is 9.99. The van der Waals surface area contributed by atoms with E-state index in [2.05, 4.69) is 54.0 Å². The van der Waals surface area contributed by atoms with Crippen LogP contribution in [0.5, 0.6) is 0 Å². The Balaban J connectivity index is 2.12. The second-order valence-electron chi connectivity index (χ2n) is 6.34.